The molecule has 1 N–H and O–H groups in total. The smallest absolute Gasteiger partial charge is 0.178 e. The van der Waals surface area contributed by atoms with Gasteiger partial charge in [-0.2, -0.15) is 0 Å². The van der Waals surface area contributed by atoms with E-state index in [2.05, 4.69) is 22.5 Å². The minimum atomic E-state index is 0.546. The van der Waals surface area contributed by atoms with E-state index in [4.69, 9.17) is 21.7 Å². The lowest BCUT2D eigenvalue weighted by Crippen LogP contribution is -2.22. The molecule has 3 rings (SSSR count). The van der Waals surface area contributed by atoms with Crippen LogP contribution < -0.4 is 4.74 Å². The number of rotatable bonds is 5. The summed E-state index contributed by atoms with van der Waals surface area (Å²) < 4.78 is 14.3. The van der Waals surface area contributed by atoms with Crippen molar-refractivity contribution < 1.29 is 9.47 Å². The van der Waals surface area contributed by atoms with Crippen LogP contribution in [0.15, 0.2) is 18.2 Å². The predicted molar refractivity (Wildman–Crippen MR) is 86.5 cm³/mol. The third kappa shape index (κ3) is 3.14. The fourth-order valence-corrected chi connectivity index (χ4v) is 3.15. The second kappa shape index (κ2) is 6.62. The molecule has 1 aromatic carbocycles. The Morgan fingerprint density at radius 1 is 1.48 bits per heavy atom. The Balaban J connectivity index is 1.91. The monoisotopic (exact) mass is 306 g/mol. The highest BCUT2D eigenvalue weighted by Gasteiger charge is 2.17. The number of aromatic nitrogens is 2. The Hall–Kier alpha value is -1.33. The number of hydrogen-bond donors (Lipinski definition) is 1. The lowest BCUT2D eigenvalue weighted by molar-refractivity contribution is 0.0486. The molecule has 0 saturated carbocycles. The molecule has 1 aliphatic rings. The van der Waals surface area contributed by atoms with Gasteiger partial charge in [-0.3, -0.25) is 0 Å². The van der Waals surface area contributed by atoms with Gasteiger partial charge in [0.2, 0.25) is 0 Å². The summed E-state index contributed by atoms with van der Waals surface area (Å²) in [6.45, 7) is 5.47. The molecule has 4 nitrogen and oxygen atoms in total. The largest absolute Gasteiger partial charge is 0.491 e. The van der Waals surface area contributed by atoms with Gasteiger partial charge in [-0.05, 0) is 43.6 Å². The number of H-pyrrole nitrogens is 1. The molecule has 2 aromatic rings. The topological polar surface area (TPSA) is 39.2 Å². The van der Waals surface area contributed by atoms with Gasteiger partial charge in [0.1, 0.15) is 11.3 Å². The van der Waals surface area contributed by atoms with Crippen LogP contribution >= 0.6 is 12.2 Å². The van der Waals surface area contributed by atoms with E-state index in [-0.39, 0.29) is 0 Å². The van der Waals surface area contributed by atoms with E-state index in [0.717, 1.165) is 60.8 Å². The fraction of sp³-hybridized carbons (Fsp3) is 0.562. The molecule has 1 atom stereocenters. The van der Waals surface area contributed by atoms with E-state index in [9.17, 15) is 0 Å². The zero-order valence-electron chi connectivity index (χ0n) is 12.4. The first-order valence-corrected chi connectivity index (χ1v) is 8.12. The van der Waals surface area contributed by atoms with Crippen molar-refractivity contribution in [1.29, 1.82) is 0 Å². The van der Waals surface area contributed by atoms with Crippen molar-refractivity contribution in [3.05, 3.63) is 23.0 Å². The first-order chi connectivity index (χ1) is 10.3. The molecule has 1 aromatic heterocycles. The summed E-state index contributed by atoms with van der Waals surface area (Å²) in [5.41, 5.74) is 2.13. The highest BCUT2D eigenvalue weighted by Crippen LogP contribution is 2.27. The van der Waals surface area contributed by atoms with Gasteiger partial charge in [0.25, 0.3) is 0 Å². The van der Waals surface area contributed by atoms with Gasteiger partial charge >= 0.3 is 0 Å². The summed E-state index contributed by atoms with van der Waals surface area (Å²) in [6, 6.07) is 6.13. The van der Waals surface area contributed by atoms with Crippen molar-refractivity contribution in [3.8, 4) is 5.75 Å². The number of hydrogen-bond acceptors (Lipinski definition) is 3. The Labute approximate surface area is 130 Å². The van der Waals surface area contributed by atoms with Crippen LogP contribution in [0.2, 0.25) is 0 Å². The lowest BCUT2D eigenvalue weighted by Gasteiger charge is -2.22. The Kier molecular flexibility index (Phi) is 4.60. The summed E-state index contributed by atoms with van der Waals surface area (Å²) in [5.74, 6) is 1.43. The third-order valence-electron chi connectivity index (χ3n) is 3.93. The van der Waals surface area contributed by atoms with Gasteiger partial charge in [0.05, 0.1) is 18.7 Å². The molecule has 1 aliphatic heterocycles. The quantitative estimate of drug-likeness (QED) is 0.851. The molecule has 1 fully saturated rings. The number of para-hydroxylation sites is 1. The molecule has 0 radical (unpaired) electrons. The normalized spacial score (nSPS) is 19.0. The summed E-state index contributed by atoms with van der Waals surface area (Å²) >= 11 is 5.50. The summed E-state index contributed by atoms with van der Waals surface area (Å²) in [7, 11) is 0. The summed E-state index contributed by atoms with van der Waals surface area (Å²) in [6.07, 6.45) is 3.35. The number of fused-ring (bicyclic) bond motifs is 1. The average Bonchev–Trinajstić information content (AvgIpc) is 2.83. The van der Waals surface area contributed by atoms with Crippen molar-refractivity contribution in [3.63, 3.8) is 0 Å². The van der Waals surface area contributed by atoms with E-state index >= 15 is 0 Å². The maximum Gasteiger partial charge on any atom is 0.178 e. The molecule has 21 heavy (non-hydrogen) atoms. The van der Waals surface area contributed by atoms with Gasteiger partial charge in [0, 0.05) is 19.1 Å². The summed E-state index contributed by atoms with van der Waals surface area (Å²) in [5, 5.41) is 0. The zero-order chi connectivity index (χ0) is 14.7. The van der Waals surface area contributed by atoms with Crippen molar-refractivity contribution in [2.75, 3.05) is 19.8 Å². The second-order valence-electron chi connectivity index (χ2n) is 5.62. The van der Waals surface area contributed by atoms with E-state index in [0.29, 0.717) is 5.92 Å². The Morgan fingerprint density at radius 3 is 3.14 bits per heavy atom. The van der Waals surface area contributed by atoms with Crippen molar-refractivity contribution in [1.82, 2.24) is 9.55 Å². The van der Waals surface area contributed by atoms with E-state index in [1.807, 2.05) is 12.1 Å². The predicted octanol–water partition coefficient (Wildman–Crippen LogP) is 3.91. The Bertz CT molecular complexity index is 656. The average molecular weight is 306 g/mol. The molecular formula is C16H22N2O2S. The van der Waals surface area contributed by atoms with Crippen molar-refractivity contribution in [2.24, 2.45) is 5.92 Å². The lowest BCUT2D eigenvalue weighted by atomic mass is 10.0. The number of imidazole rings is 1. The molecular weight excluding hydrogens is 284 g/mol. The van der Waals surface area contributed by atoms with Crippen LogP contribution in [0.1, 0.15) is 26.2 Å². The van der Waals surface area contributed by atoms with E-state index in [1.165, 1.54) is 6.42 Å². The van der Waals surface area contributed by atoms with Crippen LogP contribution in [0, 0.1) is 10.7 Å². The van der Waals surface area contributed by atoms with Crippen LogP contribution in [0.4, 0.5) is 0 Å². The minimum Gasteiger partial charge on any atom is -0.491 e. The maximum atomic E-state index is 5.81. The standard InChI is InChI=1S/C16H22N2O2S/c1-2-8-20-14-7-3-6-13-15(14)17-16(21)18(13)10-12-5-4-9-19-11-12/h3,6-7,12H,2,4-5,8-11H2,1H3,(H,17,21). The van der Waals surface area contributed by atoms with Crippen LogP contribution in [-0.2, 0) is 11.3 Å². The molecule has 1 saturated heterocycles. The van der Waals surface area contributed by atoms with Gasteiger partial charge in [-0.15, -0.1) is 0 Å². The van der Waals surface area contributed by atoms with Gasteiger partial charge in [0.15, 0.2) is 4.77 Å². The Morgan fingerprint density at radius 2 is 2.38 bits per heavy atom. The van der Waals surface area contributed by atoms with Crippen molar-refractivity contribution >= 4 is 23.3 Å². The second-order valence-corrected chi connectivity index (χ2v) is 6.01. The van der Waals surface area contributed by atoms with Crippen molar-refractivity contribution in [2.45, 2.75) is 32.7 Å². The maximum absolute atomic E-state index is 5.81. The summed E-state index contributed by atoms with van der Waals surface area (Å²) in [4.78, 5) is 3.31. The van der Waals surface area contributed by atoms with Gasteiger partial charge in [-0.1, -0.05) is 13.0 Å². The number of ether oxygens (including phenoxy) is 2. The molecule has 2 heterocycles. The van der Waals surface area contributed by atoms with Crippen LogP contribution in [-0.4, -0.2) is 29.4 Å². The first kappa shape index (κ1) is 14.6. The highest BCUT2D eigenvalue weighted by molar-refractivity contribution is 7.71. The number of nitrogens with one attached hydrogen (secondary N) is 1. The van der Waals surface area contributed by atoms with Gasteiger partial charge in [-0.25, -0.2) is 0 Å². The number of aromatic amines is 1. The highest BCUT2D eigenvalue weighted by atomic mass is 32.1. The molecule has 1 unspecified atom stereocenters. The molecule has 0 bridgehead atoms. The van der Waals surface area contributed by atoms with E-state index in [1.54, 1.807) is 0 Å². The fourth-order valence-electron chi connectivity index (χ4n) is 2.88. The van der Waals surface area contributed by atoms with Crippen LogP contribution in [0.5, 0.6) is 5.75 Å². The van der Waals surface area contributed by atoms with Crippen LogP contribution in [0.25, 0.3) is 11.0 Å². The van der Waals surface area contributed by atoms with Gasteiger partial charge < -0.3 is 19.0 Å². The number of nitrogens with zero attached hydrogens (tertiary/aromatic N) is 1. The minimum absolute atomic E-state index is 0.546. The molecule has 0 spiro atoms. The van der Waals surface area contributed by atoms with E-state index < -0.39 is 0 Å². The molecule has 114 valence electrons. The molecule has 5 heteroatoms. The van der Waals surface area contributed by atoms with Crippen LogP contribution in [0.3, 0.4) is 0 Å². The molecule has 0 aliphatic carbocycles. The molecule has 0 amide bonds. The third-order valence-corrected chi connectivity index (χ3v) is 4.25. The SMILES string of the molecule is CCCOc1cccc2c1[nH]c(=S)n2CC1CCCOC1. The number of benzene rings is 1. The zero-order valence-corrected chi connectivity index (χ0v) is 13.2. The first-order valence-electron chi connectivity index (χ1n) is 7.71.